The lowest BCUT2D eigenvalue weighted by Crippen LogP contribution is -2.06. The van der Waals surface area contributed by atoms with Crippen molar-refractivity contribution in [3.63, 3.8) is 0 Å². The average molecular weight is 311 g/mol. The summed E-state index contributed by atoms with van der Waals surface area (Å²) in [6.45, 7) is 5.87. The van der Waals surface area contributed by atoms with E-state index in [1.807, 2.05) is 39.0 Å². The molecule has 3 aromatic rings. The lowest BCUT2D eigenvalue weighted by molar-refractivity contribution is 0.0593. The minimum atomic E-state index is -0.603. The van der Waals surface area contributed by atoms with Gasteiger partial charge in [-0.2, -0.15) is 9.61 Å². The van der Waals surface area contributed by atoms with Gasteiger partial charge in [-0.15, -0.1) is 0 Å². The molecule has 0 aliphatic carbocycles. The van der Waals surface area contributed by atoms with Crippen LogP contribution in [0.15, 0.2) is 24.3 Å². The molecule has 0 aliphatic heterocycles. The summed E-state index contributed by atoms with van der Waals surface area (Å²) in [5.74, 6) is -0.759. The van der Waals surface area contributed by atoms with E-state index in [2.05, 4.69) is 10.1 Å². The molecule has 0 amide bonds. The number of carbonyl (C=O) groups is 1. The highest BCUT2D eigenvalue weighted by atomic mass is 16.5. The van der Waals surface area contributed by atoms with Crippen LogP contribution in [0.4, 0.5) is 0 Å². The number of fused-ring (bicyclic) bond motifs is 1. The summed E-state index contributed by atoms with van der Waals surface area (Å²) in [5, 5.41) is 14.5. The molecule has 0 radical (unpaired) electrons. The van der Waals surface area contributed by atoms with Crippen LogP contribution in [0.25, 0.3) is 16.8 Å². The molecule has 0 fully saturated rings. The van der Waals surface area contributed by atoms with E-state index in [-0.39, 0.29) is 11.6 Å². The van der Waals surface area contributed by atoms with Crippen LogP contribution in [-0.2, 0) is 4.74 Å². The number of benzene rings is 1. The monoisotopic (exact) mass is 311 g/mol. The molecule has 118 valence electrons. The Balaban J connectivity index is 2.39. The SMILES string of the molecule is COC(=O)c1cc(O)n2nc(C)c(-c3c(C)cccc3C)c2n1. The molecule has 1 N–H and O–H groups in total. The topological polar surface area (TPSA) is 76.7 Å². The van der Waals surface area contributed by atoms with Crippen molar-refractivity contribution in [2.45, 2.75) is 20.8 Å². The number of aryl methyl sites for hydroxylation is 3. The van der Waals surface area contributed by atoms with Crippen molar-refractivity contribution in [3.05, 3.63) is 46.8 Å². The van der Waals surface area contributed by atoms with Crippen molar-refractivity contribution in [1.82, 2.24) is 14.6 Å². The third kappa shape index (κ3) is 2.32. The Hall–Kier alpha value is -2.89. The number of ether oxygens (including phenoxy) is 1. The minimum Gasteiger partial charge on any atom is -0.493 e. The molecule has 0 spiro atoms. The van der Waals surface area contributed by atoms with Crippen LogP contribution in [-0.4, -0.2) is 32.8 Å². The Morgan fingerprint density at radius 2 is 1.83 bits per heavy atom. The number of carbonyl (C=O) groups excluding carboxylic acids is 1. The molecule has 0 bridgehead atoms. The van der Waals surface area contributed by atoms with E-state index in [0.29, 0.717) is 5.65 Å². The summed E-state index contributed by atoms with van der Waals surface area (Å²) in [6, 6.07) is 7.25. The van der Waals surface area contributed by atoms with Crippen molar-refractivity contribution >= 4 is 11.6 Å². The Kier molecular flexibility index (Phi) is 3.52. The highest BCUT2D eigenvalue weighted by Crippen LogP contribution is 2.34. The lowest BCUT2D eigenvalue weighted by atomic mass is 9.96. The fourth-order valence-corrected chi connectivity index (χ4v) is 2.82. The van der Waals surface area contributed by atoms with Gasteiger partial charge in [-0.1, -0.05) is 18.2 Å². The van der Waals surface area contributed by atoms with Crippen molar-refractivity contribution in [3.8, 4) is 17.0 Å². The maximum atomic E-state index is 11.8. The quantitative estimate of drug-likeness (QED) is 0.736. The Labute approximate surface area is 133 Å². The molecule has 0 saturated heterocycles. The van der Waals surface area contributed by atoms with E-state index in [1.165, 1.54) is 17.7 Å². The molecule has 0 saturated carbocycles. The molecule has 23 heavy (non-hydrogen) atoms. The van der Waals surface area contributed by atoms with Gasteiger partial charge in [0.2, 0.25) is 5.88 Å². The standard InChI is InChI=1S/C17H17N3O3/c1-9-6-5-7-10(2)14(9)15-11(3)19-20-13(21)8-12(17(22)23-4)18-16(15)20/h5-8,21H,1-4H3. The van der Waals surface area contributed by atoms with Crippen molar-refractivity contribution < 1.29 is 14.6 Å². The number of esters is 1. The largest absolute Gasteiger partial charge is 0.493 e. The number of aromatic nitrogens is 3. The first kappa shape index (κ1) is 15.0. The Bertz CT molecular complexity index is 908. The van der Waals surface area contributed by atoms with Gasteiger partial charge in [-0.25, -0.2) is 9.78 Å². The fraction of sp³-hybridized carbons (Fsp3) is 0.235. The van der Waals surface area contributed by atoms with Gasteiger partial charge in [-0.3, -0.25) is 0 Å². The van der Waals surface area contributed by atoms with Crippen LogP contribution < -0.4 is 0 Å². The zero-order chi connectivity index (χ0) is 16.7. The van der Waals surface area contributed by atoms with Gasteiger partial charge < -0.3 is 9.84 Å². The van der Waals surface area contributed by atoms with E-state index in [0.717, 1.165) is 27.9 Å². The fourth-order valence-electron chi connectivity index (χ4n) is 2.82. The van der Waals surface area contributed by atoms with Gasteiger partial charge in [0.25, 0.3) is 0 Å². The number of methoxy groups -OCH3 is 1. The van der Waals surface area contributed by atoms with Crippen LogP contribution in [0, 0.1) is 20.8 Å². The molecule has 0 atom stereocenters. The number of hydrogen-bond donors (Lipinski definition) is 1. The van der Waals surface area contributed by atoms with Gasteiger partial charge >= 0.3 is 5.97 Å². The van der Waals surface area contributed by atoms with E-state index in [4.69, 9.17) is 4.74 Å². The van der Waals surface area contributed by atoms with Crippen LogP contribution >= 0.6 is 0 Å². The molecule has 6 heteroatoms. The van der Waals surface area contributed by atoms with Gasteiger partial charge in [-0.05, 0) is 37.5 Å². The Morgan fingerprint density at radius 1 is 1.17 bits per heavy atom. The van der Waals surface area contributed by atoms with Gasteiger partial charge in [0, 0.05) is 6.07 Å². The van der Waals surface area contributed by atoms with E-state index >= 15 is 0 Å². The van der Waals surface area contributed by atoms with Crippen LogP contribution in [0.5, 0.6) is 5.88 Å². The molecular formula is C17H17N3O3. The third-order valence-corrected chi connectivity index (χ3v) is 3.87. The summed E-state index contributed by atoms with van der Waals surface area (Å²) < 4.78 is 6.03. The number of rotatable bonds is 2. The molecule has 2 aromatic heterocycles. The van der Waals surface area contributed by atoms with E-state index in [1.54, 1.807) is 0 Å². The first-order valence-corrected chi connectivity index (χ1v) is 7.18. The number of nitrogens with zero attached hydrogens (tertiary/aromatic N) is 3. The molecule has 3 rings (SSSR count). The molecular weight excluding hydrogens is 294 g/mol. The minimum absolute atomic E-state index is 0.0462. The highest BCUT2D eigenvalue weighted by Gasteiger charge is 2.21. The summed E-state index contributed by atoms with van der Waals surface area (Å²) >= 11 is 0. The van der Waals surface area contributed by atoms with Crippen molar-refractivity contribution in [1.29, 1.82) is 0 Å². The first-order chi connectivity index (χ1) is 10.9. The summed E-state index contributed by atoms with van der Waals surface area (Å²) in [6.07, 6.45) is 0. The Morgan fingerprint density at radius 3 is 2.43 bits per heavy atom. The predicted octanol–water partition coefficient (Wildman–Crippen LogP) is 2.81. The smallest absolute Gasteiger partial charge is 0.356 e. The van der Waals surface area contributed by atoms with Crippen LogP contribution in [0.3, 0.4) is 0 Å². The second-order valence-corrected chi connectivity index (χ2v) is 5.45. The molecule has 6 nitrogen and oxygen atoms in total. The molecule has 0 aliphatic rings. The lowest BCUT2D eigenvalue weighted by Gasteiger charge is -2.09. The van der Waals surface area contributed by atoms with Crippen LogP contribution in [0.1, 0.15) is 27.3 Å². The maximum absolute atomic E-state index is 11.8. The molecule has 1 aromatic carbocycles. The van der Waals surface area contributed by atoms with Gasteiger partial charge in [0.05, 0.1) is 18.4 Å². The van der Waals surface area contributed by atoms with Gasteiger partial charge in [0.1, 0.15) is 0 Å². The summed E-state index contributed by atoms with van der Waals surface area (Å²) in [4.78, 5) is 16.1. The molecule has 0 unspecified atom stereocenters. The van der Waals surface area contributed by atoms with E-state index in [9.17, 15) is 9.90 Å². The zero-order valence-corrected chi connectivity index (χ0v) is 13.4. The average Bonchev–Trinajstić information content (AvgIpc) is 2.84. The second kappa shape index (κ2) is 5.39. The zero-order valence-electron chi connectivity index (χ0n) is 13.4. The summed E-state index contributed by atoms with van der Waals surface area (Å²) in [5.41, 5.74) is 5.17. The second-order valence-electron chi connectivity index (χ2n) is 5.45. The van der Waals surface area contributed by atoms with Crippen LogP contribution in [0.2, 0.25) is 0 Å². The van der Waals surface area contributed by atoms with Crippen molar-refractivity contribution in [2.24, 2.45) is 0 Å². The first-order valence-electron chi connectivity index (χ1n) is 7.18. The predicted molar refractivity (Wildman–Crippen MR) is 85.6 cm³/mol. The van der Waals surface area contributed by atoms with Gasteiger partial charge in [0.15, 0.2) is 11.3 Å². The normalized spacial score (nSPS) is 11.0. The molecule has 2 heterocycles. The number of aromatic hydroxyl groups is 1. The highest BCUT2D eigenvalue weighted by molar-refractivity contribution is 5.90. The maximum Gasteiger partial charge on any atom is 0.356 e. The summed E-state index contributed by atoms with van der Waals surface area (Å²) in [7, 11) is 1.28. The number of hydrogen-bond acceptors (Lipinski definition) is 5. The van der Waals surface area contributed by atoms with Crippen molar-refractivity contribution in [2.75, 3.05) is 7.11 Å². The van der Waals surface area contributed by atoms with E-state index < -0.39 is 5.97 Å². The third-order valence-electron chi connectivity index (χ3n) is 3.87.